The Morgan fingerprint density at radius 1 is 1.08 bits per heavy atom. The largest absolute Gasteiger partial charge is 0.423 e. The lowest BCUT2D eigenvalue weighted by atomic mass is 10.0. The van der Waals surface area contributed by atoms with Crippen LogP contribution in [0, 0.1) is 21.9 Å². The maximum Gasteiger partial charge on any atom is 0.423 e. The van der Waals surface area contributed by atoms with Gasteiger partial charge in [-0.1, -0.05) is 35.5 Å². The lowest BCUT2D eigenvalue weighted by Crippen LogP contribution is -2.50. The third-order valence-electron chi connectivity index (χ3n) is 6.21. The smallest absolute Gasteiger partial charge is 0.368 e. The molecule has 1 amide bonds. The number of carbonyl (C=O) groups is 1. The van der Waals surface area contributed by atoms with Gasteiger partial charge < -0.3 is 14.8 Å². The maximum absolute atomic E-state index is 13.3. The van der Waals surface area contributed by atoms with Crippen molar-refractivity contribution in [3.63, 3.8) is 0 Å². The van der Waals surface area contributed by atoms with E-state index in [-0.39, 0.29) is 31.9 Å². The number of amides is 1. The van der Waals surface area contributed by atoms with E-state index in [1.54, 1.807) is 17.9 Å². The van der Waals surface area contributed by atoms with Crippen LogP contribution in [-0.4, -0.2) is 46.9 Å². The van der Waals surface area contributed by atoms with E-state index in [0.29, 0.717) is 11.3 Å². The highest BCUT2D eigenvalue weighted by molar-refractivity contribution is 5.84. The first-order valence-electron chi connectivity index (χ1n) is 11.1. The summed E-state index contributed by atoms with van der Waals surface area (Å²) in [5.74, 6) is -0.494. The van der Waals surface area contributed by atoms with Crippen LogP contribution in [0.2, 0.25) is 0 Å². The number of nitrogens with zero attached hydrogens (tertiary/aromatic N) is 4. The molecule has 1 aromatic heterocycles. The van der Waals surface area contributed by atoms with Crippen molar-refractivity contribution < 1.29 is 22.9 Å². The quantitative estimate of drug-likeness (QED) is 0.288. The number of aryl methyl sites for hydroxylation is 1. The molecule has 36 heavy (non-hydrogen) atoms. The Kier molecular flexibility index (Phi) is 6.77. The van der Waals surface area contributed by atoms with Crippen molar-refractivity contribution in [1.82, 2.24) is 9.88 Å². The monoisotopic (exact) mass is 501 g/mol. The lowest BCUT2D eigenvalue weighted by molar-refractivity contribution is -0.388. The first-order valence-corrected chi connectivity index (χ1v) is 11.1. The summed E-state index contributed by atoms with van der Waals surface area (Å²) >= 11 is 0. The van der Waals surface area contributed by atoms with Crippen molar-refractivity contribution in [2.45, 2.75) is 19.1 Å². The van der Waals surface area contributed by atoms with Crippen LogP contribution in [0.3, 0.4) is 0 Å². The van der Waals surface area contributed by atoms with E-state index in [2.05, 4.69) is 10.2 Å². The van der Waals surface area contributed by atoms with Gasteiger partial charge in [0.1, 0.15) is 5.56 Å². The van der Waals surface area contributed by atoms with Crippen LogP contribution in [-0.2, 0) is 11.0 Å². The second kappa shape index (κ2) is 9.80. The fourth-order valence-corrected chi connectivity index (χ4v) is 4.33. The van der Waals surface area contributed by atoms with Crippen LogP contribution in [0.4, 0.5) is 24.5 Å². The van der Waals surface area contributed by atoms with Gasteiger partial charge >= 0.3 is 6.18 Å². The third kappa shape index (κ3) is 4.92. The molecule has 12 heteroatoms. The van der Waals surface area contributed by atoms with E-state index in [9.17, 15) is 33.0 Å². The molecule has 0 aliphatic carbocycles. The van der Waals surface area contributed by atoms with Crippen LogP contribution < -0.4 is 4.90 Å². The third-order valence-corrected chi connectivity index (χ3v) is 6.21. The molecule has 1 N–H and O–H groups in total. The van der Waals surface area contributed by atoms with Crippen molar-refractivity contribution in [3.8, 4) is 11.3 Å². The zero-order valence-electron chi connectivity index (χ0n) is 19.2. The summed E-state index contributed by atoms with van der Waals surface area (Å²) in [4.78, 5) is 41.0. The van der Waals surface area contributed by atoms with E-state index in [1.165, 1.54) is 11.0 Å². The summed E-state index contributed by atoms with van der Waals surface area (Å²) in [5.41, 5.74) is 0.547. The van der Waals surface area contributed by atoms with Gasteiger partial charge in [0.2, 0.25) is 0 Å². The number of alkyl halides is 3. The lowest BCUT2D eigenvalue weighted by Gasteiger charge is -2.37. The van der Waals surface area contributed by atoms with Crippen LogP contribution >= 0.6 is 0 Å². The molecule has 2 heterocycles. The summed E-state index contributed by atoms with van der Waals surface area (Å²) in [6.45, 7) is 2.43. The predicted molar refractivity (Wildman–Crippen MR) is 126 cm³/mol. The Hall–Kier alpha value is -4.22. The first kappa shape index (κ1) is 24.9. The number of hydrogen-bond donors (Lipinski definition) is 1. The molecular weight excluding hydrogens is 479 g/mol. The van der Waals surface area contributed by atoms with Gasteiger partial charge in [0.05, 0.1) is 4.92 Å². The average Bonchev–Trinajstić information content (AvgIpc) is 3.25. The number of aromatic nitrogens is 1. The van der Waals surface area contributed by atoms with Crippen molar-refractivity contribution in [2.75, 3.05) is 31.1 Å². The van der Waals surface area contributed by atoms with E-state index in [0.717, 1.165) is 23.4 Å². The molecule has 0 radical (unpaired) electrons. The zero-order valence-corrected chi connectivity index (χ0v) is 19.2. The number of rotatable bonds is 6. The highest BCUT2D eigenvalue weighted by atomic mass is 19.4. The van der Waals surface area contributed by atoms with Gasteiger partial charge in [-0.3, -0.25) is 14.9 Å². The van der Waals surface area contributed by atoms with Gasteiger partial charge in [-0.05, 0) is 30.7 Å². The summed E-state index contributed by atoms with van der Waals surface area (Å²) in [6, 6.07) is 12.7. The SMILES string of the molecule is Cc1[nH]c(-c2ccccc2)cc1C(N=O)C(=O)N1CCN(c2ccc([N+](=O)[O-])c(C(F)(F)F)c2)CC1. The summed E-state index contributed by atoms with van der Waals surface area (Å²) in [6.07, 6.45) is -4.88. The molecule has 188 valence electrons. The minimum Gasteiger partial charge on any atom is -0.368 e. The normalized spacial score (nSPS) is 15.0. The molecule has 0 spiro atoms. The van der Waals surface area contributed by atoms with Gasteiger partial charge in [-0.2, -0.15) is 13.2 Å². The molecule has 1 fully saturated rings. The minimum absolute atomic E-state index is 0.151. The van der Waals surface area contributed by atoms with Crippen LogP contribution in [0.1, 0.15) is 22.9 Å². The topological polar surface area (TPSA) is 112 Å². The molecular formula is C24H22F3N5O4. The summed E-state index contributed by atoms with van der Waals surface area (Å²) in [5, 5.41) is 14.1. The van der Waals surface area contributed by atoms with E-state index in [4.69, 9.17) is 0 Å². The van der Waals surface area contributed by atoms with Crippen LogP contribution in [0.5, 0.6) is 0 Å². The molecule has 1 saturated heterocycles. The fraction of sp³-hybridized carbons (Fsp3) is 0.292. The summed E-state index contributed by atoms with van der Waals surface area (Å²) in [7, 11) is 0. The van der Waals surface area contributed by atoms with E-state index in [1.807, 2.05) is 30.3 Å². The Labute approximate surface area is 203 Å². The molecule has 1 aliphatic heterocycles. The average molecular weight is 501 g/mol. The number of nitro groups is 1. The number of halogens is 3. The predicted octanol–water partition coefficient (Wildman–Crippen LogP) is 5.07. The Bertz CT molecular complexity index is 1280. The number of nitrogens with one attached hydrogen (secondary N) is 1. The number of H-pyrrole nitrogens is 1. The number of piperazine rings is 1. The second-order valence-electron chi connectivity index (χ2n) is 8.41. The molecule has 0 bridgehead atoms. The minimum atomic E-state index is -4.88. The number of nitroso groups, excluding NO2 is 1. The van der Waals surface area contributed by atoms with Gasteiger partial charge in [-0.25, -0.2) is 0 Å². The number of nitro benzene ring substituents is 1. The Morgan fingerprint density at radius 3 is 2.33 bits per heavy atom. The van der Waals surface area contributed by atoms with Gasteiger partial charge in [-0.15, -0.1) is 4.91 Å². The maximum atomic E-state index is 13.3. The molecule has 1 atom stereocenters. The van der Waals surface area contributed by atoms with E-state index < -0.39 is 34.3 Å². The molecule has 1 unspecified atom stereocenters. The van der Waals surface area contributed by atoms with E-state index >= 15 is 0 Å². The van der Waals surface area contributed by atoms with Crippen molar-refractivity contribution in [2.24, 2.45) is 5.18 Å². The second-order valence-corrected chi connectivity index (χ2v) is 8.41. The molecule has 0 saturated carbocycles. The number of aromatic amines is 1. The van der Waals surface area contributed by atoms with Gasteiger partial charge in [0.15, 0.2) is 6.04 Å². The van der Waals surface area contributed by atoms with Crippen molar-refractivity contribution in [3.05, 3.63) is 86.4 Å². The molecule has 2 aromatic carbocycles. The van der Waals surface area contributed by atoms with Gasteiger partial charge in [0, 0.05) is 54.9 Å². The van der Waals surface area contributed by atoms with Crippen LogP contribution in [0.25, 0.3) is 11.3 Å². The molecule has 3 aromatic rings. The standard InChI is InChI=1S/C24H22F3N5O4/c1-15-18(14-20(28-15)16-5-3-2-4-6-16)22(29-34)23(33)31-11-9-30(10-12-31)17-7-8-21(32(35)36)19(13-17)24(25,26)27/h2-8,13-14,22,28H,9-12H2,1H3. The zero-order chi connectivity index (χ0) is 26.0. The summed E-state index contributed by atoms with van der Waals surface area (Å²) < 4.78 is 40.0. The van der Waals surface area contributed by atoms with Crippen molar-refractivity contribution >= 4 is 17.3 Å². The first-order chi connectivity index (χ1) is 17.1. The fourth-order valence-electron chi connectivity index (χ4n) is 4.33. The molecule has 1 aliphatic rings. The number of carbonyl (C=O) groups excluding carboxylic acids is 1. The highest BCUT2D eigenvalue weighted by Gasteiger charge is 2.39. The number of benzene rings is 2. The van der Waals surface area contributed by atoms with Crippen LogP contribution in [0.15, 0.2) is 59.8 Å². The Morgan fingerprint density at radius 2 is 1.75 bits per heavy atom. The highest BCUT2D eigenvalue weighted by Crippen LogP contribution is 2.38. The molecule has 4 rings (SSSR count). The Balaban J connectivity index is 1.48. The van der Waals surface area contributed by atoms with Gasteiger partial charge in [0.25, 0.3) is 11.6 Å². The van der Waals surface area contributed by atoms with Crippen molar-refractivity contribution in [1.29, 1.82) is 0 Å². The molecule has 9 nitrogen and oxygen atoms in total. The number of anilines is 1. The number of hydrogen-bond acceptors (Lipinski definition) is 6.